The van der Waals surface area contributed by atoms with Gasteiger partial charge < -0.3 is 10.6 Å². The van der Waals surface area contributed by atoms with Crippen molar-refractivity contribution in [1.29, 1.82) is 0 Å². The highest BCUT2D eigenvalue weighted by Crippen LogP contribution is 2.05. The van der Waals surface area contributed by atoms with E-state index in [1.54, 1.807) is 0 Å². The molecule has 2 N–H and O–H groups in total. The lowest BCUT2D eigenvalue weighted by Gasteiger charge is -2.31. The van der Waals surface area contributed by atoms with Crippen molar-refractivity contribution in [1.82, 2.24) is 10.6 Å². The summed E-state index contributed by atoms with van der Waals surface area (Å²) < 4.78 is 0. The van der Waals surface area contributed by atoms with Crippen LogP contribution < -0.4 is 10.6 Å². The van der Waals surface area contributed by atoms with Gasteiger partial charge in [-0.25, -0.2) is 0 Å². The average Bonchev–Trinajstić information content (AvgIpc) is 2.22. The number of benzene rings is 1. The highest BCUT2D eigenvalue weighted by Gasteiger charge is 2.17. The molecule has 0 aliphatic carbocycles. The van der Waals surface area contributed by atoms with E-state index >= 15 is 0 Å². The van der Waals surface area contributed by atoms with Crippen LogP contribution in [0.2, 0.25) is 0 Å². The van der Waals surface area contributed by atoms with E-state index in [2.05, 4.69) is 47.9 Å². The molecular weight excluding hydrogens is 184 g/mol. The van der Waals surface area contributed by atoms with E-state index in [4.69, 9.17) is 0 Å². The van der Waals surface area contributed by atoms with Crippen molar-refractivity contribution in [3.05, 3.63) is 35.9 Å². The van der Waals surface area contributed by atoms with Gasteiger partial charge in [-0.3, -0.25) is 0 Å². The Morgan fingerprint density at radius 3 is 2.67 bits per heavy atom. The first kappa shape index (κ1) is 10.7. The number of rotatable bonds is 5. The summed E-state index contributed by atoms with van der Waals surface area (Å²) in [6.07, 6.45) is 2.40. The molecule has 2 rings (SSSR count). The second-order valence-corrected chi connectivity index (χ2v) is 4.45. The summed E-state index contributed by atoms with van der Waals surface area (Å²) >= 11 is 0. The number of hydrogen-bond acceptors (Lipinski definition) is 2. The van der Waals surface area contributed by atoms with Crippen molar-refractivity contribution in [3.8, 4) is 0 Å². The molecule has 0 bridgehead atoms. The predicted octanol–water partition coefficient (Wildman–Crippen LogP) is 1.57. The first-order valence-electron chi connectivity index (χ1n) is 5.85. The summed E-state index contributed by atoms with van der Waals surface area (Å²) in [5.74, 6) is 0. The van der Waals surface area contributed by atoms with Gasteiger partial charge in [0.15, 0.2) is 0 Å². The molecule has 1 atom stereocenters. The van der Waals surface area contributed by atoms with Crippen LogP contribution in [-0.2, 0) is 6.42 Å². The van der Waals surface area contributed by atoms with Crippen LogP contribution in [0.5, 0.6) is 0 Å². The van der Waals surface area contributed by atoms with Gasteiger partial charge in [-0.1, -0.05) is 30.3 Å². The van der Waals surface area contributed by atoms with Crippen LogP contribution in [-0.4, -0.2) is 25.2 Å². The van der Waals surface area contributed by atoms with Crippen molar-refractivity contribution >= 4 is 0 Å². The van der Waals surface area contributed by atoms with Gasteiger partial charge >= 0.3 is 0 Å². The molecule has 2 nitrogen and oxygen atoms in total. The molecule has 1 unspecified atom stereocenters. The quantitative estimate of drug-likeness (QED) is 0.761. The Morgan fingerprint density at radius 1 is 1.33 bits per heavy atom. The third-order valence-electron chi connectivity index (χ3n) is 3.01. The van der Waals surface area contributed by atoms with Gasteiger partial charge in [-0.2, -0.15) is 0 Å². The maximum atomic E-state index is 3.62. The molecule has 1 fully saturated rings. The second kappa shape index (κ2) is 5.29. The molecule has 1 aliphatic rings. The van der Waals surface area contributed by atoms with Gasteiger partial charge in [0, 0.05) is 25.2 Å². The van der Waals surface area contributed by atoms with Gasteiger partial charge in [0.2, 0.25) is 0 Å². The van der Waals surface area contributed by atoms with Gasteiger partial charge in [0.1, 0.15) is 0 Å². The van der Waals surface area contributed by atoms with E-state index in [0.717, 1.165) is 13.1 Å². The Hall–Kier alpha value is -0.860. The van der Waals surface area contributed by atoms with Gasteiger partial charge in [-0.05, 0) is 25.3 Å². The summed E-state index contributed by atoms with van der Waals surface area (Å²) in [6, 6.07) is 12.0. The summed E-state index contributed by atoms with van der Waals surface area (Å²) in [5.41, 5.74) is 1.44. The molecule has 1 aliphatic heterocycles. The standard InChI is InChI=1S/C13H20N2/c1-11(15-13-9-14-10-13)7-8-12-5-3-2-4-6-12/h2-6,11,13-15H,7-10H2,1H3. The summed E-state index contributed by atoms with van der Waals surface area (Å²) in [7, 11) is 0. The SMILES string of the molecule is CC(CCc1ccccc1)NC1CNC1. The van der Waals surface area contributed by atoms with E-state index in [1.807, 2.05) is 0 Å². The second-order valence-electron chi connectivity index (χ2n) is 4.45. The molecule has 1 saturated heterocycles. The molecule has 0 amide bonds. The van der Waals surface area contributed by atoms with Crippen molar-refractivity contribution in [3.63, 3.8) is 0 Å². The minimum Gasteiger partial charge on any atom is -0.314 e. The summed E-state index contributed by atoms with van der Waals surface area (Å²) in [6.45, 7) is 4.55. The monoisotopic (exact) mass is 204 g/mol. The fourth-order valence-electron chi connectivity index (χ4n) is 1.92. The van der Waals surface area contributed by atoms with Crippen molar-refractivity contribution < 1.29 is 0 Å². The van der Waals surface area contributed by atoms with Crippen molar-refractivity contribution in [2.45, 2.75) is 31.8 Å². The highest BCUT2D eigenvalue weighted by molar-refractivity contribution is 5.14. The molecule has 1 aromatic carbocycles. The molecule has 82 valence electrons. The van der Waals surface area contributed by atoms with Crippen molar-refractivity contribution in [2.75, 3.05) is 13.1 Å². The molecule has 0 spiro atoms. The first-order valence-corrected chi connectivity index (χ1v) is 5.85. The Morgan fingerprint density at radius 2 is 2.07 bits per heavy atom. The smallest absolute Gasteiger partial charge is 0.0319 e. The Bertz CT molecular complexity index is 280. The third-order valence-corrected chi connectivity index (χ3v) is 3.01. The predicted molar refractivity (Wildman–Crippen MR) is 64.0 cm³/mol. The van der Waals surface area contributed by atoms with E-state index in [-0.39, 0.29) is 0 Å². The van der Waals surface area contributed by atoms with E-state index in [9.17, 15) is 0 Å². The summed E-state index contributed by atoms with van der Waals surface area (Å²) in [5, 5.41) is 6.90. The fraction of sp³-hybridized carbons (Fsp3) is 0.538. The van der Waals surface area contributed by atoms with Crippen LogP contribution >= 0.6 is 0 Å². The van der Waals surface area contributed by atoms with Crippen molar-refractivity contribution in [2.24, 2.45) is 0 Å². The zero-order valence-corrected chi connectivity index (χ0v) is 9.37. The highest BCUT2D eigenvalue weighted by atomic mass is 15.1. The maximum absolute atomic E-state index is 3.62. The maximum Gasteiger partial charge on any atom is 0.0319 e. The summed E-state index contributed by atoms with van der Waals surface area (Å²) in [4.78, 5) is 0. The van der Waals surface area contributed by atoms with Crippen LogP contribution in [0.1, 0.15) is 18.9 Å². The molecule has 15 heavy (non-hydrogen) atoms. The molecular formula is C13H20N2. The van der Waals surface area contributed by atoms with Gasteiger partial charge in [-0.15, -0.1) is 0 Å². The first-order chi connectivity index (χ1) is 7.34. The Balaban J connectivity index is 1.68. The van der Waals surface area contributed by atoms with Crippen LogP contribution in [0.4, 0.5) is 0 Å². The fourth-order valence-corrected chi connectivity index (χ4v) is 1.92. The molecule has 2 heteroatoms. The Kier molecular flexibility index (Phi) is 3.75. The zero-order chi connectivity index (χ0) is 10.5. The number of nitrogens with one attached hydrogen (secondary N) is 2. The minimum absolute atomic E-state index is 0.623. The lowest BCUT2D eigenvalue weighted by atomic mass is 10.0. The molecule has 1 heterocycles. The zero-order valence-electron chi connectivity index (χ0n) is 9.37. The molecule has 0 saturated carbocycles. The lowest BCUT2D eigenvalue weighted by Crippen LogP contribution is -2.57. The van der Waals surface area contributed by atoms with E-state index in [1.165, 1.54) is 18.4 Å². The van der Waals surface area contributed by atoms with Gasteiger partial charge in [0.25, 0.3) is 0 Å². The van der Waals surface area contributed by atoms with E-state index in [0.29, 0.717) is 12.1 Å². The largest absolute Gasteiger partial charge is 0.314 e. The van der Waals surface area contributed by atoms with E-state index < -0.39 is 0 Å². The molecule has 0 radical (unpaired) electrons. The normalized spacial score (nSPS) is 18.5. The lowest BCUT2D eigenvalue weighted by molar-refractivity contribution is 0.328. The van der Waals surface area contributed by atoms with Crippen LogP contribution in [0.3, 0.4) is 0 Å². The van der Waals surface area contributed by atoms with Crippen LogP contribution in [0.25, 0.3) is 0 Å². The number of aryl methyl sites for hydroxylation is 1. The number of hydrogen-bond donors (Lipinski definition) is 2. The van der Waals surface area contributed by atoms with Crippen LogP contribution in [0, 0.1) is 0 Å². The topological polar surface area (TPSA) is 24.1 Å². The Labute approximate surface area is 92.1 Å². The van der Waals surface area contributed by atoms with Gasteiger partial charge in [0.05, 0.1) is 0 Å². The molecule has 1 aromatic rings. The van der Waals surface area contributed by atoms with Crippen LogP contribution in [0.15, 0.2) is 30.3 Å². The molecule has 0 aromatic heterocycles. The third kappa shape index (κ3) is 3.33. The average molecular weight is 204 g/mol. The minimum atomic E-state index is 0.623.